The predicted octanol–water partition coefficient (Wildman–Crippen LogP) is 1.64. The van der Waals surface area contributed by atoms with Crippen LogP contribution in [0.1, 0.15) is 35.9 Å². The maximum Gasteiger partial charge on any atom is 0.278 e. The standard InChI is InChI=1S/C9H11N5OS/c1-5(2)6-3-8(13-12-6)11-9(15)7-4-10-16-14-7/h3-5H,1-2H3,(H2,11,12,13,15). The van der Waals surface area contributed by atoms with Crippen molar-refractivity contribution in [2.45, 2.75) is 19.8 Å². The van der Waals surface area contributed by atoms with Crippen LogP contribution in [0.2, 0.25) is 0 Å². The fourth-order valence-electron chi connectivity index (χ4n) is 1.14. The lowest BCUT2D eigenvalue weighted by atomic mass is 10.1. The molecular weight excluding hydrogens is 226 g/mol. The van der Waals surface area contributed by atoms with Gasteiger partial charge in [-0.1, -0.05) is 13.8 Å². The summed E-state index contributed by atoms with van der Waals surface area (Å²) in [5, 5.41) is 9.49. The van der Waals surface area contributed by atoms with Crippen molar-refractivity contribution < 1.29 is 4.79 Å². The summed E-state index contributed by atoms with van der Waals surface area (Å²) in [6, 6.07) is 1.81. The fraction of sp³-hybridized carbons (Fsp3) is 0.333. The van der Waals surface area contributed by atoms with Crippen molar-refractivity contribution in [2.24, 2.45) is 0 Å². The largest absolute Gasteiger partial charge is 0.304 e. The first-order valence-electron chi connectivity index (χ1n) is 4.81. The number of aromatic nitrogens is 4. The van der Waals surface area contributed by atoms with Gasteiger partial charge in [-0.2, -0.15) is 13.8 Å². The third-order valence-corrected chi connectivity index (χ3v) is 2.53. The van der Waals surface area contributed by atoms with Gasteiger partial charge in [0.05, 0.1) is 17.9 Å². The number of amides is 1. The first-order chi connectivity index (χ1) is 7.66. The monoisotopic (exact) mass is 237 g/mol. The van der Waals surface area contributed by atoms with Gasteiger partial charge in [-0.25, -0.2) is 0 Å². The molecule has 16 heavy (non-hydrogen) atoms. The number of nitrogens with one attached hydrogen (secondary N) is 2. The summed E-state index contributed by atoms with van der Waals surface area (Å²) < 4.78 is 7.59. The molecule has 6 nitrogen and oxygen atoms in total. The minimum absolute atomic E-state index is 0.296. The Labute approximate surface area is 96.4 Å². The third kappa shape index (κ3) is 2.25. The Balaban J connectivity index is 2.07. The molecule has 84 valence electrons. The normalized spacial score (nSPS) is 10.7. The molecule has 2 heterocycles. The summed E-state index contributed by atoms with van der Waals surface area (Å²) in [5.41, 5.74) is 1.28. The summed E-state index contributed by atoms with van der Waals surface area (Å²) in [4.78, 5) is 11.6. The molecule has 0 bridgehead atoms. The summed E-state index contributed by atoms with van der Waals surface area (Å²) in [5.74, 6) is 0.552. The molecule has 2 aromatic rings. The van der Waals surface area contributed by atoms with E-state index in [4.69, 9.17) is 0 Å². The van der Waals surface area contributed by atoms with Gasteiger partial charge in [0.15, 0.2) is 11.5 Å². The molecule has 0 atom stereocenters. The van der Waals surface area contributed by atoms with Gasteiger partial charge in [-0.05, 0) is 5.92 Å². The maximum absolute atomic E-state index is 11.6. The maximum atomic E-state index is 11.6. The number of nitrogens with zero attached hydrogens (tertiary/aromatic N) is 3. The number of carbonyl (C=O) groups excluding carboxylic acids is 1. The highest BCUT2D eigenvalue weighted by molar-refractivity contribution is 6.99. The molecule has 0 unspecified atom stereocenters. The molecule has 0 spiro atoms. The predicted molar refractivity (Wildman–Crippen MR) is 60.5 cm³/mol. The van der Waals surface area contributed by atoms with Crippen molar-refractivity contribution in [2.75, 3.05) is 5.32 Å². The van der Waals surface area contributed by atoms with Crippen LogP contribution < -0.4 is 5.32 Å². The molecular formula is C9H11N5OS. The summed E-state index contributed by atoms with van der Waals surface area (Å²) in [7, 11) is 0. The van der Waals surface area contributed by atoms with Gasteiger partial charge >= 0.3 is 0 Å². The lowest BCUT2D eigenvalue weighted by Crippen LogP contribution is -2.12. The molecule has 2 N–H and O–H groups in total. The van der Waals surface area contributed by atoms with Crippen molar-refractivity contribution >= 4 is 23.5 Å². The van der Waals surface area contributed by atoms with Gasteiger partial charge in [0.25, 0.3) is 5.91 Å². The smallest absolute Gasteiger partial charge is 0.278 e. The van der Waals surface area contributed by atoms with Gasteiger partial charge < -0.3 is 5.32 Å². The summed E-state index contributed by atoms with van der Waals surface area (Å²) in [6.07, 6.45) is 1.43. The van der Waals surface area contributed by atoms with Gasteiger partial charge in [-0.3, -0.25) is 9.89 Å². The first kappa shape index (κ1) is 10.7. The van der Waals surface area contributed by atoms with Crippen molar-refractivity contribution in [3.05, 3.63) is 23.7 Å². The number of carbonyl (C=O) groups is 1. The number of aromatic amines is 1. The average Bonchev–Trinajstić information content (AvgIpc) is 2.87. The number of hydrogen-bond acceptors (Lipinski definition) is 5. The Kier molecular flexibility index (Phi) is 2.95. The van der Waals surface area contributed by atoms with Crippen molar-refractivity contribution in [3.63, 3.8) is 0 Å². The fourth-order valence-corrected chi connectivity index (χ4v) is 1.55. The molecule has 0 aliphatic heterocycles. The topological polar surface area (TPSA) is 83.6 Å². The van der Waals surface area contributed by atoms with E-state index < -0.39 is 0 Å². The van der Waals surface area contributed by atoms with Crippen molar-refractivity contribution in [1.29, 1.82) is 0 Å². The SMILES string of the molecule is CC(C)c1cc(NC(=O)c2cnsn2)n[nH]1. The van der Waals surface area contributed by atoms with Crippen molar-refractivity contribution in [3.8, 4) is 0 Å². The van der Waals surface area contributed by atoms with Crippen LogP contribution in [0.5, 0.6) is 0 Å². The molecule has 0 saturated carbocycles. The van der Waals surface area contributed by atoms with E-state index in [-0.39, 0.29) is 5.91 Å². The van der Waals surface area contributed by atoms with Crippen LogP contribution in [0.3, 0.4) is 0 Å². The van der Waals surface area contributed by atoms with Crippen LogP contribution >= 0.6 is 11.7 Å². The molecule has 0 aromatic carbocycles. The van der Waals surface area contributed by atoms with Gasteiger partial charge in [-0.15, -0.1) is 0 Å². The Morgan fingerprint density at radius 1 is 1.56 bits per heavy atom. The average molecular weight is 237 g/mol. The Morgan fingerprint density at radius 3 is 2.94 bits per heavy atom. The van der Waals surface area contributed by atoms with Crippen LogP contribution in [0, 0.1) is 0 Å². The number of anilines is 1. The lowest BCUT2D eigenvalue weighted by molar-refractivity contribution is 0.102. The van der Waals surface area contributed by atoms with E-state index in [2.05, 4.69) is 24.3 Å². The zero-order valence-electron chi connectivity index (χ0n) is 8.89. The Bertz CT molecular complexity index is 476. The Hall–Kier alpha value is -1.76. The van der Waals surface area contributed by atoms with E-state index in [1.54, 1.807) is 0 Å². The van der Waals surface area contributed by atoms with Gasteiger partial charge in [0.1, 0.15) is 0 Å². The van der Waals surface area contributed by atoms with Crippen LogP contribution in [-0.2, 0) is 0 Å². The highest BCUT2D eigenvalue weighted by Gasteiger charge is 2.11. The van der Waals surface area contributed by atoms with E-state index in [1.807, 2.05) is 19.9 Å². The highest BCUT2D eigenvalue weighted by Crippen LogP contribution is 2.15. The zero-order valence-corrected chi connectivity index (χ0v) is 9.71. The first-order valence-corrected chi connectivity index (χ1v) is 5.54. The number of H-pyrrole nitrogens is 1. The quantitative estimate of drug-likeness (QED) is 0.850. The molecule has 1 amide bonds. The molecule has 7 heteroatoms. The van der Waals surface area contributed by atoms with Crippen LogP contribution in [0.15, 0.2) is 12.3 Å². The van der Waals surface area contributed by atoms with Crippen molar-refractivity contribution in [1.82, 2.24) is 18.9 Å². The summed E-state index contributed by atoms with van der Waals surface area (Å²) in [6.45, 7) is 4.09. The second-order valence-corrected chi connectivity index (χ2v) is 4.17. The number of hydrogen-bond donors (Lipinski definition) is 2. The molecule has 0 aliphatic carbocycles. The van der Waals surface area contributed by atoms with Gasteiger partial charge in [0.2, 0.25) is 0 Å². The van der Waals surface area contributed by atoms with E-state index in [0.717, 1.165) is 17.4 Å². The van der Waals surface area contributed by atoms with Crippen LogP contribution in [0.25, 0.3) is 0 Å². The molecule has 0 aliphatic rings. The highest BCUT2D eigenvalue weighted by atomic mass is 32.1. The van der Waals surface area contributed by atoms with Gasteiger partial charge in [0, 0.05) is 11.8 Å². The second-order valence-electron chi connectivity index (χ2n) is 3.61. The molecule has 2 rings (SSSR count). The Morgan fingerprint density at radius 2 is 2.38 bits per heavy atom. The minimum Gasteiger partial charge on any atom is -0.304 e. The summed E-state index contributed by atoms with van der Waals surface area (Å²) >= 11 is 1.000. The second kappa shape index (κ2) is 4.40. The van der Waals surface area contributed by atoms with Crippen LogP contribution in [-0.4, -0.2) is 24.9 Å². The molecule has 2 aromatic heterocycles. The zero-order chi connectivity index (χ0) is 11.5. The number of rotatable bonds is 3. The van der Waals surface area contributed by atoms with E-state index >= 15 is 0 Å². The third-order valence-electron chi connectivity index (χ3n) is 2.06. The van der Waals surface area contributed by atoms with E-state index in [9.17, 15) is 4.79 Å². The van der Waals surface area contributed by atoms with E-state index in [0.29, 0.717) is 17.4 Å². The molecule has 0 radical (unpaired) electrons. The van der Waals surface area contributed by atoms with Crippen LogP contribution in [0.4, 0.5) is 5.82 Å². The molecule has 0 saturated heterocycles. The lowest BCUT2D eigenvalue weighted by Gasteiger charge is -1.97. The minimum atomic E-state index is -0.296. The van der Waals surface area contributed by atoms with E-state index in [1.165, 1.54) is 6.20 Å². The molecule has 0 fully saturated rings.